The topological polar surface area (TPSA) is 172 Å². The summed E-state index contributed by atoms with van der Waals surface area (Å²) in [5, 5.41) is 32.2. The molecule has 12 nitrogen and oxygen atoms in total. The fraction of sp³-hybridized carbons (Fsp3) is 0.538. The molecule has 2 amide bonds. The lowest BCUT2D eigenvalue weighted by atomic mass is 10.0. The standard InChI is InChI=1S/C26H36N2O10/c1-28(23(32)7-5-13-29)12-10-22(31)27-11-4-3-6-17-8-9-20(18(14-17)16-36-2)37-26-24(33)19(30)15-21(38-26)25(34)35/h5,7-9,13-14,19,21,24,26,30,33H,3-4,6,10-12,15-16H2,1-2H3,(H,27,31)(H,34,35)/b7-5-/t19?,21?,24-,26?/m1/s1. The van der Waals surface area contributed by atoms with Crippen molar-refractivity contribution in [2.24, 2.45) is 0 Å². The first-order valence-electron chi connectivity index (χ1n) is 12.3. The number of benzene rings is 1. The molecule has 1 heterocycles. The predicted molar refractivity (Wildman–Crippen MR) is 134 cm³/mol. The third kappa shape index (κ3) is 9.86. The number of methoxy groups -OCH3 is 1. The number of nitrogens with one attached hydrogen (secondary N) is 1. The number of aliphatic hydroxyl groups is 2. The Kier molecular flexibility index (Phi) is 12.9. The number of hydrogen-bond donors (Lipinski definition) is 4. The Morgan fingerprint density at radius 2 is 2.00 bits per heavy atom. The quantitative estimate of drug-likeness (QED) is 0.138. The summed E-state index contributed by atoms with van der Waals surface area (Å²) in [5.74, 6) is -1.43. The van der Waals surface area contributed by atoms with Crippen LogP contribution < -0.4 is 10.1 Å². The number of allylic oxidation sites excluding steroid dienone is 1. The molecule has 1 aromatic carbocycles. The Labute approximate surface area is 221 Å². The van der Waals surface area contributed by atoms with Crippen LogP contribution in [0.15, 0.2) is 30.4 Å². The van der Waals surface area contributed by atoms with Gasteiger partial charge in [-0.2, -0.15) is 0 Å². The highest BCUT2D eigenvalue weighted by atomic mass is 16.7. The molecule has 4 N–H and O–H groups in total. The largest absolute Gasteiger partial charge is 0.479 e. The van der Waals surface area contributed by atoms with Crippen molar-refractivity contribution in [3.05, 3.63) is 41.5 Å². The number of hydrogen-bond acceptors (Lipinski definition) is 9. The van der Waals surface area contributed by atoms with Crippen molar-refractivity contribution in [1.82, 2.24) is 10.2 Å². The van der Waals surface area contributed by atoms with E-state index in [9.17, 15) is 34.5 Å². The molecule has 3 unspecified atom stereocenters. The molecular formula is C26H36N2O10. The first-order chi connectivity index (χ1) is 18.2. The Balaban J connectivity index is 1.81. The smallest absolute Gasteiger partial charge is 0.333 e. The second-order valence-corrected chi connectivity index (χ2v) is 8.93. The highest BCUT2D eigenvalue weighted by Crippen LogP contribution is 2.28. The molecule has 1 aliphatic heterocycles. The molecule has 1 aromatic rings. The van der Waals surface area contributed by atoms with Gasteiger partial charge in [0.15, 0.2) is 6.10 Å². The van der Waals surface area contributed by atoms with Crippen LogP contribution in [0.5, 0.6) is 5.75 Å². The van der Waals surface area contributed by atoms with Gasteiger partial charge in [-0.05, 0) is 43.0 Å². The molecule has 4 atom stereocenters. The van der Waals surface area contributed by atoms with Gasteiger partial charge in [0.1, 0.15) is 18.1 Å². The zero-order chi connectivity index (χ0) is 28.1. The minimum atomic E-state index is -1.41. The van der Waals surface area contributed by atoms with Gasteiger partial charge in [0.2, 0.25) is 18.1 Å². The molecule has 0 bridgehead atoms. The van der Waals surface area contributed by atoms with E-state index in [4.69, 9.17) is 14.2 Å². The fourth-order valence-corrected chi connectivity index (χ4v) is 3.79. The van der Waals surface area contributed by atoms with Crippen LogP contribution >= 0.6 is 0 Å². The number of ether oxygens (including phenoxy) is 3. The molecule has 1 saturated heterocycles. The summed E-state index contributed by atoms with van der Waals surface area (Å²) in [5.41, 5.74) is 1.66. The van der Waals surface area contributed by atoms with Gasteiger partial charge in [-0.3, -0.25) is 14.4 Å². The van der Waals surface area contributed by atoms with E-state index in [0.29, 0.717) is 24.1 Å². The molecule has 12 heteroatoms. The van der Waals surface area contributed by atoms with Crippen molar-refractivity contribution in [3.8, 4) is 5.75 Å². The molecule has 0 saturated carbocycles. The number of aryl methyl sites for hydroxylation is 1. The fourth-order valence-electron chi connectivity index (χ4n) is 3.79. The average Bonchev–Trinajstić information content (AvgIpc) is 2.89. The molecule has 0 aliphatic carbocycles. The lowest BCUT2D eigenvalue weighted by Crippen LogP contribution is -2.52. The van der Waals surface area contributed by atoms with E-state index >= 15 is 0 Å². The van der Waals surface area contributed by atoms with Gasteiger partial charge < -0.3 is 39.7 Å². The highest BCUT2D eigenvalue weighted by Gasteiger charge is 2.41. The number of aliphatic carboxylic acids is 1. The summed E-state index contributed by atoms with van der Waals surface area (Å²) in [7, 11) is 3.07. The van der Waals surface area contributed by atoms with E-state index in [1.54, 1.807) is 13.1 Å². The van der Waals surface area contributed by atoms with Gasteiger partial charge in [-0.15, -0.1) is 0 Å². The summed E-state index contributed by atoms with van der Waals surface area (Å²) in [6, 6.07) is 5.39. The van der Waals surface area contributed by atoms with E-state index in [2.05, 4.69) is 5.32 Å². The summed E-state index contributed by atoms with van der Waals surface area (Å²) >= 11 is 0. The molecule has 210 valence electrons. The minimum absolute atomic E-state index is 0.155. The number of aliphatic hydroxyl groups excluding tert-OH is 2. The molecule has 0 radical (unpaired) electrons. The van der Waals surface area contributed by atoms with E-state index < -0.39 is 30.6 Å². The number of amides is 2. The van der Waals surface area contributed by atoms with Crippen molar-refractivity contribution in [1.29, 1.82) is 0 Å². The van der Waals surface area contributed by atoms with Crippen molar-refractivity contribution in [2.75, 3.05) is 27.2 Å². The van der Waals surface area contributed by atoms with Crippen molar-refractivity contribution in [3.63, 3.8) is 0 Å². The third-order valence-corrected chi connectivity index (χ3v) is 5.95. The molecule has 1 fully saturated rings. The van der Waals surface area contributed by atoms with Crippen LogP contribution in [0.2, 0.25) is 0 Å². The maximum atomic E-state index is 12.0. The maximum Gasteiger partial charge on any atom is 0.333 e. The van der Waals surface area contributed by atoms with Gasteiger partial charge in [-0.1, -0.05) is 6.07 Å². The number of likely N-dealkylation sites (N-methyl/N-ethyl adjacent to an activating group) is 1. The average molecular weight is 537 g/mol. The summed E-state index contributed by atoms with van der Waals surface area (Å²) in [6.07, 6.45) is -0.422. The van der Waals surface area contributed by atoms with Gasteiger partial charge in [-0.25, -0.2) is 4.79 Å². The van der Waals surface area contributed by atoms with Crippen LogP contribution in [0.1, 0.15) is 36.8 Å². The Hall–Kier alpha value is -3.32. The molecule has 0 aromatic heterocycles. The Morgan fingerprint density at radius 3 is 2.68 bits per heavy atom. The van der Waals surface area contributed by atoms with Crippen LogP contribution in [0.4, 0.5) is 0 Å². The van der Waals surface area contributed by atoms with Crippen LogP contribution in [-0.2, 0) is 41.7 Å². The second kappa shape index (κ2) is 15.8. The van der Waals surface area contributed by atoms with E-state index in [-0.39, 0.29) is 37.8 Å². The maximum absolute atomic E-state index is 12.0. The number of unbranched alkanes of at least 4 members (excludes halogenated alkanes) is 1. The summed E-state index contributed by atoms with van der Waals surface area (Å²) in [6.45, 7) is 0.926. The Bertz CT molecular complexity index is 983. The number of carboxylic acids is 1. The van der Waals surface area contributed by atoms with Crippen LogP contribution in [0.25, 0.3) is 0 Å². The zero-order valence-electron chi connectivity index (χ0n) is 21.6. The van der Waals surface area contributed by atoms with Gasteiger partial charge in [0.25, 0.3) is 0 Å². The number of carbonyl (C=O) groups is 4. The SMILES string of the molecule is COCc1cc(CCCCNC(=O)CCN(C)C(=O)/C=C\C=O)ccc1OC1OC(C(=O)O)CC(O)[C@H]1O. The number of aldehydes is 1. The summed E-state index contributed by atoms with van der Waals surface area (Å²) < 4.78 is 16.3. The molecule has 2 rings (SSSR count). The summed E-state index contributed by atoms with van der Waals surface area (Å²) in [4.78, 5) is 46.6. The van der Waals surface area contributed by atoms with E-state index in [1.165, 1.54) is 12.0 Å². The lowest BCUT2D eigenvalue weighted by molar-refractivity contribution is -0.238. The van der Waals surface area contributed by atoms with Crippen LogP contribution in [0.3, 0.4) is 0 Å². The van der Waals surface area contributed by atoms with Gasteiger partial charge in [0.05, 0.1) is 12.7 Å². The van der Waals surface area contributed by atoms with Gasteiger partial charge in [0, 0.05) is 51.7 Å². The third-order valence-electron chi connectivity index (χ3n) is 5.95. The molecule has 38 heavy (non-hydrogen) atoms. The number of rotatable bonds is 15. The molecule has 1 aliphatic rings. The predicted octanol–water partition coefficient (Wildman–Crippen LogP) is 0.176. The van der Waals surface area contributed by atoms with Crippen molar-refractivity contribution >= 4 is 24.1 Å². The van der Waals surface area contributed by atoms with Crippen LogP contribution in [0, 0.1) is 0 Å². The minimum Gasteiger partial charge on any atom is -0.479 e. The second-order valence-electron chi connectivity index (χ2n) is 8.93. The number of carboxylic acid groups (broad SMARTS) is 1. The molecular weight excluding hydrogens is 500 g/mol. The first kappa shape index (κ1) is 30.9. The number of carbonyl (C=O) groups excluding carboxylic acids is 3. The normalized spacial score (nSPS) is 21.2. The Morgan fingerprint density at radius 1 is 1.24 bits per heavy atom. The lowest BCUT2D eigenvalue weighted by Gasteiger charge is -2.35. The van der Waals surface area contributed by atoms with Gasteiger partial charge >= 0.3 is 5.97 Å². The van der Waals surface area contributed by atoms with E-state index in [0.717, 1.165) is 37.0 Å². The van der Waals surface area contributed by atoms with E-state index in [1.807, 2.05) is 12.1 Å². The first-order valence-corrected chi connectivity index (χ1v) is 12.3. The monoisotopic (exact) mass is 536 g/mol. The zero-order valence-corrected chi connectivity index (χ0v) is 21.6. The highest BCUT2D eigenvalue weighted by molar-refractivity contribution is 5.91. The van der Waals surface area contributed by atoms with Crippen molar-refractivity contribution in [2.45, 2.75) is 63.3 Å². The molecule has 0 spiro atoms. The van der Waals surface area contributed by atoms with Crippen molar-refractivity contribution < 1.29 is 48.7 Å². The number of nitrogens with zero attached hydrogens (tertiary/aromatic N) is 1. The van der Waals surface area contributed by atoms with Crippen LogP contribution in [-0.4, -0.2) is 96.1 Å².